The molecule has 0 aromatic rings. The maximum absolute atomic E-state index is 10.2. The molecule has 0 spiro atoms. The molecule has 0 aliphatic carbocycles. The van der Waals surface area contributed by atoms with Crippen LogP contribution < -0.4 is 0 Å². The van der Waals surface area contributed by atoms with Crippen molar-refractivity contribution in [2.45, 2.75) is 12.7 Å². The smallest absolute Gasteiger partial charge is 0.171 e. The summed E-state index contributed by atoms with van der Waals surface area (Å²) in [4.78, 5) is 0. The first-order valence-electron chi connectivity index (χ1n) is 2.02. The summed E-state index contributed by atoms with van der Waals surface area (Å²) >= 11 is -1.20. The molecule has 0 bridgehead atoms. The Labute approximate surface area is 44.0 Å². The van der Waals surface area contributed by atoms with Crippen molar-refractivity contribution in [1.29, 1.82) is 0 Å². The summed E-state index contributed by atoms with van der Waals surface area (Å²) in [7, 11) is 0. The molecular formula is C3H6O3S. The minimum absolute atomic E-state index is 0.473. The lowest BCUT2D eigenvalue weighted by atomic mass is 10.5. The molecular weight excluding hydrogens is 116 g/mol. The van der Waals surface area contributed by atoms with Gasteiger partial charge in [-0.1, -0.05) is 0 Å². The van der Waals surface area contributed by atoms with E-state index in [9.17, 15) is 4.21 Å². The Bertz CT molecular complexity index is 92.2. The monoisotopic (exact) mass is 122 g/mol. The lowest BCUT2D eigenvalue weighted by Gasteiger charge is -1.91. The van der Waals surface area contributed by atoms with Crippen LogP contribution in [0.15, 0.2) is 0 Å². The van der Waals surface area contributed by atoms with E-state index in [0.717, 1.165) is 0 Å². The fraction of sp³-hybridized carbons (Fsp3) is 1.00. The summed E-state index contributed by atoms with van der Waals surface area (Å²) in [5, 5.41) is 8.48. The zero-order valence-corrected chi connectivity index (χ0v) is 4.48. The van der Waals surface area contributed by atoms with Crippen LogP contribution in [0.3, 0.4) is 0 Å². The van der Waals surface area contributed by atoms with Gasteiger partial charge in [0.05, 0.1) is 5.75 Å². The summed E-state index contributed by atoms with van der Waals surface area (Å²) in [5.41, 5.74) is 0. The molecule has 1 saturated heterocycles. The number of aliphatic hydroxyl groups excluding tert-OH is 1. The van der Waals surface area contributed by atoms with Gasteiger partial charge in [-0.2, -0.15) is 0 Å². The van der Waals surface area contributed by atoms with Gasteiger partial charge in [0, 0.05) is 6.42 Å². The summed E-state index contributed by atoms with van der Waals surface area (Å²) in [5.74, 6) is 0.473. The molecule has 1 N–H and O–H groups in total. The molecule has 0 radical (unpaired) electrons. The highest BCUT2D eigenvalue weighted by Crippen LogP contribution is 2.07. The standard InChI is InChI=1S/C3H6O3S/c4-3-1-2-7(5)6-3/h3-4H,1-2H2. The summed E-state index contributed by atoms with van der Waals surface area (Å²) < 4.78 is 14.6. The predicted octanol–water partition coefficient (Wildman–Crippen LogP) is -0.611. The van der Waals surface area contributed by atoms with Crippen molar-refractivity contribution in [3.05, 3.63) is 0 Å². The molecule has 7 heavy (non-hydrogen) atoms. The number of aliphatic hydroxyl groups is 1. The Morgan fingerprint density at radius 2 is 2.57 bits per heavy atom. The van der Waals surface area contributed by atoms with Gasteiger partial charge in [0.1, 0.15) is 0 Å². The highest BCUT2D eigenvalue weighted by atomic mass is 32.2. The molecule has 2 unspecified atom stereocenters. The highest BCUT2D eigenvalue weighted by molar-refractivity contribution is 7.80. The van der Waals surface area contributed by atoms with Crippen molar-refractivity contribution < 1.29 is 13.5 Å². The first-order chi connectivity index (χ1) is 3.29. The van der Waals surface area contributed by atoms with Gasteiger partial charge in [-0.3, -0.25) is 4.18 Å². The van der Waals surface area contributed by atoms with Crippen molar-refractivity contribution in [2.24, 2.45) is 0 Å². The fourth-order valence-electron chi connectivity index (χ4n) is 0.417. The van der Waals surface area contributed by atoms with Gasteiger partial charge in [-0.05, 0) is 0 Å². The van der Waals surface area contributed by atoms with Crippen LogP contribution in [-0.4, -0.2) is 21.4 Å². The van der Waals surface area contributed by atoms with E-state index in [-0.39, 0.29) is 0 Å². The topological polar surface area (TPSA) is 46.5 Å². The van der Waals surface area contributed by atoms with Gasteiger partial charge >= 0.3 is 0 Å². The van der Waals surface area contributed by atoms with Gasteiger partial charge in [-0.25, -0.2) is 4.21 Å². The second-order valence-corrected chi connectivity index (χ2v) is 2.56. The van der Waals surface area contributed by atoms with Crippen LogP contribution >= 0.6 is 0 Å². The zero-order valence-electron chi connectivity index (χ0n) is 3.66. The Kier molecular flexibility index (Phi) is 1.41. The molecule has 0 aromatic carbocycles. The lowest BCUT2D eigenvalue weighted by molar-refractivity contribution is 0.00715. The van der Waals surface area contributed by atoms with Crippen molar-refractivity contribution in [2.75, 3.05) is 5.75 Å². The maximum atomic E-state index is 10.2. The average molecular weight is 122 g/mol. The second-order valence-electron chi connectivity index (χ2n) is 1.35. The van der Waals surface area contributed by atoms with Crippen LogP contribution in [0.25, 0.3) is 0 Å². The third kappa shape index (κ3) is 1.22. The summed E-state index contributed by atoms with van der Waals surface area (Å²) in [6.45, 7) is 0. The molecule has 4 heteroatoms. The minimum Gasteiger partial charge on any atom is -0.367 e. The first-order valence-corrected chi connectivity index (χ1v) is 3.27. The number of hydrogen-bond donors (Lipinski definition) is 1. The van der Waals surface area contributed by atoms with E-state index in [1.165, 1.54) is 0 Å². The van der Waals surface area contributed by atoms with Gasteiger partial charge < -0.3 is 5.11 Å². The Morgan fingerprint density at radius 3 is 2.71 bits per heavy atom. The number of rotatable bonds is 0. The summed E-state index contributed by atoms with van der Waals surface area (Å²) in [6, 6.07) is 0. The highest BCUT2D eigenvalue weighted by Gasteiger charge is 2.18. The van der Waals surface area contributed by atoms with Crippen LogP contribution in [-0.2, 0) is 15.3 Å². The zero-order chi connectivity index (χ0) is 5.28. The van der Waals surface area contributed by atoms with Crippen molar-refractivity contribution in [3.8, 4) is 0 Å². The van der Waals surface area contributed by atoms with E-state index in [1.807, 2.05) is 0 Å². The van der Waals surface area contributed by atoms with Crippen LogP contribution in [0.2, 0.25) is 0 Å². The predicted molar refractivity (Wildman–Crippen MR) is 24.7 cm³/mol. The molecule has 3 nitrogen and oxygen atoms in total. The molecule has 2 atom stereocenters. The molecule has 0 aromatic heterocycles. The third-order valence-electron chi connectivity index (χ3n) is 0.750. The van der Waals surface area contributed by atoms with Gasteiger partial charge in [0.15, 0.2) is 17.4 Å². The average Bonchev–Trinajstić information content (AvgIpc) is 1.87. The molecule has 0 amide bonds. The van der Waals surface area contributed by atoms with Gasteiger partial charge in [-0.15, -0.1) is 0 Å². The molecule has 1 heterocycles. The second kappa shape index (κ2) is 1.90. The van der Waals surface area contributed by atoms with E-state index in [0.29, 0.717) is 12.2 Å². The molecule has 0 saturated carbocycles. The molecule has 1 fully saturated rings. The Morgan fingerprint density at radius 1 is 1.86 bits per heavy atom. The van der Waals surface area contributed by atoms with E-state index >= 15 is 0 Å². The normalized spacial score (nSPS) is 41.9. The quantitative estimate of drug-likeness (QED) is 0.466. The van der Waals surface area contributed by atoms with Crippen LogP contribution in [0.4, 0.5) is 0 Å². The van der Waals surface area contributed by atoms with E-state index in [1.54, 1.807) is 0 Å². The fourth-order valence-corrected chi connectivity index (χ4v) is 1.25. The van der Waals surface area contributed by atoms with Crippen molar-refractivity contribution in [1.82, 2.24) is 0 Å². The van der Waals surface area contributed by atoms with Crippen molar-refractivity contribution in [3.63, 3.8) is 0 Å². The molecule has 1 aliphatic heterocycles. The van der Waals surface area contributed by atoms with Crippen LogP contribution in [0.5, 0.6) is 0 Å². The SMILES string of the molecule is O=S1CCC(O)O1. The van der Waals surface area contributed by atoms with Crippen molar-refractivity contribution >= 4 is 11.1 Å². The van der Waals surface area contributed by atoms with E-state index in [2.05, 4.69) is 4.18 Å². The van der Waals surface area contributed by atoms with Gasteiger partial charge in [0.2, 0.25) is 0 Å². The number of hydrogen-bond acceptors (Lipinski definition) is 3. The summed E-state index contributed by atoms with van der Waals surface area (Å²) in [6.07, 6.45) is -0.270. The lowest BCUT2D eigenvalue weighted by Crippen LogP contribution is -2.00. The first kappa shape index (κ1) is 5.21. The molecule has 42 valence electrons. The largest absolute Gasteiger partial charge is 0.367 e. The van der Waals surface area contributed by atoms with Crippen LogP contribution in [0, 0.1) is 0 Å². The van der Waals surface area contributed by atoms with E-state index < -0.39 is 17.4 Å². The molecule has 1 rings (SSSR count). The van der Waals surface area contributed by atoms with Gasteiger partial charge in [0.25, 0.3) is 0 Å². The minimum atomic E-state index is -1.20. The van der Waals surface area contributed by atoms with Crippen LogP contribution in [0.1, 0.15) is 6.42 Å². The van der Waals surface area contributed by atoms with E-state index in [4.69, 9.17) is 5.11 Å². The maximum Gasteiger partial charge on any atom is 0.171 e. The Hall–Kier alpha value is 0.0700. The molecule has 1 aliphatic rings. The Balaban J connectivity index is 2.40. The third-order valence-corrected chi connectivity index (χ3v) is 1.76.